The van der Waals surface area contributed by atoms with E-state index in [-0.39, 0.29) is 29.4 Å². The standard InChI is InChI=1S/C13H21P.BrH.ClH/c1-10(2)5-6-14-13-8-11(3)7-12(4)9-13;;/h7-10,14H,5-6H2,1-4H3;2*1H. The highest BCUT2D eigenvalue weighted by Gasteiger charge is 1.98. The Morgan fingerprint density at radius 1 is 1.06 bits per heavy atom. The summed E-state index contributed by atoms with van der Waals surface area (Å²) < 4.78 is 0. The maximum atomic E-state index is 2.33. The van der Waals surface area contributed by atoms with Gasteiger partial charge in [0.25, 0.3) is 0 Å². The Hall–Kier alpha value is 0.420. The third-order valence-electron chi connectivity index (χ3n) is 2.27. The van der Waals surface area contributed by atoms with E-state index in [1.54, 1.807) is 0 Å². The van der Waals surface area contributed by atoms with Crippen LogP contribution in [0.2, 0.25) is 0 Å². The lowest BCUT2D eigenvalue weighted by Gasteiger charge is -2.06. The van der Waals surface area contributed by atoms with E-state index in [2.05, 4.69) is 45.9 Å². The Bertz CT molecular complexity index is 280. The lowest BCUT2D eigenvalue weighted by atomic mass is 10.2. The van der Waals surface area contributed by atoms with Crippen LogP contribution in [0.15, 0.2) is 18.2 Å². The van der Waals surface area contributed by atoms with E-state index >= 15 is 0 Å². The van der Waals surface area contributed by atoms with Gasteiger partial charge < -0.3 is 0 Å². The summed E-state index contributed by atoms with van der Waals surface area (Å²) in [5, 5.41) is 1.53. The fourth-order valence-electron chi connectivity index (χ4n) is 1.58. The van der Waals surface area contributed by atoms with Crippen molar-refractivity contribution in [2.75, 3.05) is 6.16 Å². The summed E-state index contributed by atoms with van der Waals surface area (Å²) in [6.45, 7) is 8.96. The van der Waals surface area contributed by atoms with Gasteiger partial charge >= 0.3 is 0 Å². The van der Waals surface area contributed by atoms with Gasteiger partial charge in [-0.15, -0.1) is 29.4 Å². The van der Waals surface area contributed by atoms with Gasteiger partial charge in [0.1, 0.15) is 0 Å². The number of rotatable bonds is 4. The summed E-state index contributed by atoms with van der Waals surface area (Å²) in [4.78, 5) is 0. The normalized spacial score (nSPS) is 10.3. The molecule has 1 aromatic rings. The average Bonchev–Trinajstić information content (AvgIpc) is 2.01. The molecular formula is C13H23BrClP. The first-order chi connectivity index (χ1) is 6.58. The fraction of sp³-hybridized carbons (Fsp3) is 0.538. The summed E-state index contributed by atoms with van der Waals surface area (Å²) in [6, 6.07) is 6.90. The topological polar surface area (TPSA) is 0 Å². The molecule has 0 aromatic heterocycles. The van der Waals surface area contributed by atoms with Gasteiger partial charge in [0.15, 0.2) is 0 Å². The molecule has 0 amide bonds. The summed E-state index contributed by atoms with van der Waals surface area (Å²) in [6.07, 6.45) is 2.70. The van der Waals surface area contributed by atoms with Gasteiger partial charge in [0.2, 0.25) is 0 Å². The molecule has 0 bridgehead atoms. The average molecular weight is 326 g/mol. The van der Waals surface area contributed by atoms with Crippen LogP contribution >= 0.6 is 38.0 Å². The molecule has 0 aliphatic carbocycles. The molecule has 0 aliphatic heterocycles. The van der Waals surface area contributed by atoms with Crippen LogP contribution in [0.5, 0.6) is 0 Å². The lowest BCUT2D eigenvalue weighted by Crippen LogP contribution is -1.99. The monoisotopic (exact) mass is 324 g/mol. The molecule has 0 N–H and O–H groups in total. The number of halogens is 2. The molecule has 1 unspecified atom stereocenters. The number of benzene rings is 1. The van der Waals surface area contributed by atoms with Crippen LogP contribution in [0.1, 0.15) is 31.4 Å². The van der Waals surface area contributed by atoms with Crippen LogP contribution in [0, 0.1) is 19.8 Å². The van der Waals surface area contributed by atoms with E-state index in [0.29, 0.717) is 0 Å². The molecule has 0 spiro atoms. The smallest absolute Gasteiger partial charge is 0.0266 e. The van der Waals surface area contributed by atoms with Crippen molar-refractivity contribution < 1.29 is 0 Å². The second kappa shape index (κ2) is 9.45. The summed E-state index contributed by atoms with van der Waals surface area (Å²) >= 11 is 0. The van der Waals surface area contributed by atoms with Crippen molar-refractivity contribution in [3.05, 3.63) is 29.3 Å². The Morgan fingerprint density at radius 2 is 1.56 bits per heavy atom. The second-order valence-electron chi connectivity index (χ2n) is 4.49. The quantitative estimate of drug-likeness (QED) is 0.707. The van der Waals surface area contributed by atoms with Gasteiger partial charge in [-0.05, 0) is 37.7 Å². The predicted molar refractivity (Wildman–Crippen MR) is 85.8 cm³/mol. The summed E-state index contributed by atoms with van der Waals surface area (Å²) in [7, 11) is 0.990. The van der Waals surface area contributed by atoms with Crippen LogP contribution in [0.25, 0.3) is 0 Å². The van der Waals surface area contributed by atoms with E-state index in [9.17, 15) is 0 Å². The Kier molecular flexibility index (Phi) is 11.1. The van der Waals surface area contributed by atoms with Crippen LogP contribution in [-0.2, 0) is 0 Å². The van der Waals surface area contributed by atoms with Crippen molar-refractivity contribution in [1.82, 2.24) is 0 Å². The van der Waals surface area contributed by atoms with Crippen molar-refractivity contribution >= 4 is 43.3 Å². The molecular weight excluding hydrogens is 302 g/mol. The zero-order valence-electron chi connectivity index (χ0n) is 10.5. The van der Waals surface area contributed by atoms with Crippen molar-refractivity contribution in [1.29, 1.82) is 0 Å². The zero-order chi connectivity index (χ0) is 10.6. The van der Waals surface area contributed by atoms with E-state index in [4.69, 9.17) is 0 Å². The molecule has 0 radical (unpaired) electrons. The first kappa shape index (κ1) is 18.8. The van der Waals surface area contributed by atoms with Crippen LogP contribution < -0.4 is 5.30 Å². The molecule has 1 atom stereocenters. The Morgan fingerprint density at radius 3 is 2.00 bits per heavy atom. The molecule has 0 saturated carbocycles. The van der Waals surface area contributed by atoms with E-state index in [0.717, 1.165) is 14.5 Å². The van der Waals surface area contributed by atoms with Crippen molar-refractivity contribution in [3.63, 3.8) is 0 Å². The minimum absolute atomic E-state index is 0. The van der Waals surface area contributed by atoms with Gasteiger partial charge in [0, 0.05) is 0 Å². The number of aryl methyl sites for hydroxylation is 2. The molecule has 0 nitrogen and oxygen atoms in total. The van der Waals surface area contributed by atoms with Crippen molar-refractivity contribution in [2.45, 2.75) is 34.1 Å². The highest BCUT2D eigenvalue weighted by atomic mass is 79.9. The van der Waals surface area contributed by atoms with Gasteiger partial charge in [0.05, 0.1) is 0 Å². The minimum atomic E-state index is 0. The zero-order valence-corrected chi connectivity index (χ0v) is 14.1. The van der Waals surface area contributed by atoms with E-state index in [1.165, 1.54) is 29.0 Å². The maximum absolute atomic E-state index is 2.33. The van der Waals surface area contributed by atoms with Gasteiger partial charge in [-0.2, -0.15) is 0 Å². The molecule has 0 fully saturated rings. The van der Waals surface area contributed by atoms with Crippen molar-refractivity contribution in [3.8, 4) is 0 Å². The molecule has 1 aromatic carbocycles. The largest absolute Gasteiger partial charge is 0.147 e. The van der Waals surface area contributed by atoms with Crippen molar-refractivity contribution in [2.24, 2.45) is 5.92 Å². The number of hydrogen-bond acceptors (Lipinski definition) is 0. The number of hydrogen-bond donors (Lipinski definition) is 0. The summed E-state index contributed by atoms with van der Waals surface area (Å²) in [5.74, 6) is 0.841. The van der Waals surface area contributed by atoms with Crippen LogP contribution in [0.4, 0.5) is 0 Å². The van der Waals surface area contributed by atoms with Gasteiger partial charge in [-0.25, -0.2) is 0 Å². The van der Waals surface area contributed by atoms with Crippen LogP contribution in [0.3, 0.4) is 0 Å². The Balaban J connectivity index is 0. The molecule has 3 heteroatoms. The highest BCUT2D eigenvalue weighted by molar-refractivity contribution is 8.93. The van der Waals surface area contributed by atoms with Gasteiger partial charge in [-0.3, -0.25) is 0 Å². The Labute approximate surface area is 119 Å². The van der Waals surface area contributed by atoms with Gasteiger partial charge in [-0.1, -0.05) is 51.8 Å². The second-order valence-corrected chi connectivity index (χ2v) is 5.92. The molecule has 94 valence electrons. The minimum Gasteiger partial charge on any atom is -0.147 e. The first-order valence-electron chi connectivity index (χ1n) is 5.40. The van der Waals surface area contributed by atoms with Crippen LogP contribution in [-0.4, -0.2) is 6.16 Å². The third-order valence-corrected chi connectivity index (χ3v) is 3.51. The maximum Gasteiger partial charge on any atom is -0.0266 e. The van der Waals surface area contributed by atoms with E-state index in [1.807, 2.05) is 0 Å². The molecule has 0 aliphatic rings. The summed E-state index contributed by atoms with van der Waals surface area (Å²) in [5.41, 5.74) is 2.80. The highest BCUT2D eigenvalue weighted by Crippen LogP contribution is 2.16. The third kappa shape index (κ3) is 7.65. The fourth-order valence-corrected chi connectivity index (χ4v) is 3.25. The SMILES string of the molecule is Br.Cc1cc(C)cc(PCCC(C)C)c1.Cl. The molecule has 0 saturated heterocycles. The lowest BCUT2D eigenvalue weighted by molar-refractivity contribution is 0.631. The predicted octanol–water partition coefficient (Wildman–Crippen LogP) is 4.65. The molecule has 1 rings (SSSR count). The molecule has 0 heterocycles. The molecule has 16 heavy (non-hydrogen) atoms. The van der Waals surface area contributed by atoms with E-state index < -0.39 is 0 Å². The first-order valence-corrected chi connectivity index (χ1v) is 6.61.